The summed E-state index contributed by atoms with van der Waals surface area (Å²) < 4.78 is 7.29. The zero-order valence-corrected chi connectivity index (χ0v) is 22.1. The fourth-order valence-corrected chi connectivity index (χ4v) is 5.59. The molecule has 0 spiro atoms. The molecule has 38 heavy (non-hydrogen) atoms. The highest BCUT2D eigenvalue weighted by molar-refractivity contribution is 7.99. The monoisotopic (exact) mass is 527 g/mol. The van der Waals surface area contributed by atoms with E-state index >= 15 is 0 Å². The van der Waals surface area contributed by atoms with Gasteiger partial charge in [-0.25, -0.2) is 0 Å². The molecule has 0 bridgehead atoms. The molecule has 0 radical (unpaired) electrons. The van der Waals surface area contributed by atoms with Crippen molar-refractivity contribution in [3.8, 4) is 17.3 Å². The van der Waals surface area contributed by atoms with Gasteiger partial charge in [-0.05, 0) is 43.5 Å². The largest absolute Gasteiger partial charge is 0.493 e. The first-order chi connectivity index (χ1) is 18.5. The van der Waals surface area contributed by atoms with Crippen LogP contribution >= 0.6 is 11.8 Å². The molecule has 1 aliphatic rings. The molecule has 0 amide bonds. The van der Waals surface area contributed by atoms with Gasteiger partial charge >= 0.3 is 0 Å². The molecule has 1 atom stereocenters. The van der Waals surface area contributed by atoms with Gasteiger partial charge in [0.2, 0.25) is 5.88 Å². The normalized spacial score (nSPS) is 14.6. The van der Waals surface area contributed by atoms with E-state index < -0.39 is 11.6 Å². The standard InChI is InChI=1S/C30H29N3O4S/c1-3-37-25-11-7-6-10-23(25)33-29(36)26(27-22-9-5-4-8-20(22)16-17-31-27)28(35)32-30(33)38-18-24(34)21-14-12-19(2)13-15-21/h4-15,27,31,35H,3,16-18H2,1-2H3/t27-/m1/s1. The van der Waals surface area contributed by atoms with Crippen LogP contribution in [0.25, 0.3) is 5.69 Å². The van der Waals surface area contributed by atoms with E-state index in [0.717, 1.165) is 34.9 Å². The molecule has 3 aromatic carbocycles. The predicted octanol–water partition coefficient (Wildman–Crippen LogP) is 4.86. The molecule has 2 heterocycles. The highest BCUT2D eigenvalue weighted by Gasteiger charge is 2.30. The number of carbonyl (C=O) groups excluding carboxylic acids is 1. The SMILES string of the molecule is CCOc1ccccc1-n1c(SCC(=O)c2ccc(C)cc2)nc(O)c([C@@H]2NCCc3ccccc32)c1=O. The number of hydrogen-bond donors (Lipinski definition) is 2. The summed E-state index contributed by atoms with van der Waals surface area (Å²) in [6, 6.07) is 22.0. The van der Waals surface area contributed by atoms with E-state index in [1.165, 1.54) is 4.57 Å². The van der Waals surface area contributed by atoms with Gasteiger partial charge in [0, 0.05) is 12.1 Å². The average Bonchev–Trinajstić information content (AvgIpc) is 2.93. The number of hydrogen-bond acceptors (Lipinski definition) is 7. The number of rotatable bonds is 8. The first-order valence-corrected chi connectivity index (χ1v) is 13.6. The van der Waals surface area contributed by atoms with Crippen molar-refractivity contribution >= 4 is 17.5 Å². The third-order valence-electron chi connectivity index (χ3n) is 6.58. The lowest BCUT2D eigenvalue weighted by Crippen LogP contribution is -2.37. The summed E-state index contributed by atoms with van der Waals surface area (Å²) in [6.07, 6.45) is 0.831. The van der Waals surface area contributed by atoms with E-state index in [1.807, 2.05) is 62.4 Å². The minimum absolute atomic E-state index is 0.0512. The quantitative estimate of drug-likeness (QED) is 0.192. The fourth-order valence-electron chi connectivity index (χ4n) is 4.70. The highest BCUT2D eigenvalue weighted by atomic mass is 32.2. The second-order valence-electron chi connectivity index (χ2n) is 9.09. The molecule has 4 aromatic rings. The average molecular weight is 528 g/mol. The molecular formula is C30H29N3O4S. The number of aromatic nitrogens is 2. The summed E-state index contributed by atoms with van der Waals surface area (Å²) in [7, 11) is 0. The maximum Gasteiger partial charge on any atom is 0.267 e. The molecular weight excluding hydrogens is 498 g/mol. The highest BCUT2D eigenvalue weighted by Crippen LogP contribution is 2.34. The summed E-state index contributed by atoms with van der Waals surface area (Å²) >= 11 is 1.11. The van der Waals surface area contributed by atoms with Crippen molar-refractivity contribution in [1.29, 1.82) is 0 Å². The molecule has 7 nitrogen and oxygen atoms in total. The summed E-state index contributed by atoms with van der Waals surface area (Å²) in [4.78, 5) is 31.6. The topological polar surface area (TPSA) is 93.5 Å². The van der Waals surface area contributed by atoms with Crippen molar-refractivity contribution in [2.24, 2.45) is 0 Å². The number of ether oxygens (including phenoxy) is 1. The lowest BCUT2D eigenvalue weighted by atomic mass is 9.90. The number of nitrogens with zero attached hydrogens (tertiary/aromatic N) is 2. The predicted molar refractivity (Wildman–Crippen MR) is 149 cm³/mol. The molecule has 5 rings (SSSR count). The van der Waals surface area contributed by atoms with Crippen LogP contribution in [0.5, 0.6) is 11.6 Å². The summed E-state index contributed by atoms with van der Waals surface area (Å²) in [5.74, 6) is 0.120. The molecule has 0 saturated heterocycles. The number of aryl methyl sites for hydroxylation is 1. The first kappa shape index (κ1) is 25.8. The van der Waals surface area contributed by atoms with Crippen LogP contribution in [0.15, 0.2) is 82.7 Å². The first-order valence-electron chi connectivity index (χ1n) is 12.6. The van der Waals surface area contributed by atoms with Crippen LogP contribution in [0, 0.1) is 6.92 Å². The van der Waals surface area contributed by atoms with Crippen LogP contribution in [-0.2, 0) is 6.42 Å². The molecule has 194 valence electrons. The minimum Gasteiger partial charge on any atom is -0.493 e. The number of Topliss-reactive ketones (excluding diaryl/α,β-unsaturated/α-hetero) is 1. The van der Waals surface area contributed by atoms with E-state index in [2.05, 4.69) is 10.3 Å². The Morgan fingerprint density at radius 3 is 2.63 bits per heavy atom. The number of thioether (sulfide) groups is 1. The Bertz CT molecular complexity index is 1530. The minimum atomic E-state index is -0.515. The Morgan fingerprint density at radius 2 is 1.84 bits per heavy atom. The maximum absolute atomic E-state index is 14.2. The lowest BCUT2D eigenvalue weighted by molar-refractivity contribution is 0.102. The summed E-state index contributed by atoms with van der Waals surface area (Å²) in [5, 5.41) is 14.7. The third kappa shape index (κ3) is 5.10. The molecule has 8 heteroatoms. The molecule has 0 saturated carbocycles. The Kier molecular flexibility index (Phi) is 7.62. The maximum atomic E-state index is 14.2. The molecule has 1 aromatic heterocycles. The number of benzene rings is 3. The van der Waals surface area contributed by atoms with Crippen molar-refractivity contribution in [3.63, 3.8) is 0 Å². The van der Waals surface area contributed by atoms with E-state index in [-0.39, 0.29) is 28.1 Å². The number of ketones is 1. The molecule has 0 aliphatic carbocycles. The summed E-state index contributed by atoms with van der Waals surface area (Å²) in [5.41, 5.74) is 3.96. The number of fused-ring (bicyclic) bond motifs is 1. The molecule has 0 unspecified atom stereocenters. The Morgan fingerprint density at radius 1 is 1.11 bits per heavy atom. The van der Waals surface area contributed by atoms with E-state index in [0.29, 0.717) is 30.2 Å². The van der Waals surface area contributed by atoms with Gasteiger partial charge in [0.15, 0.2) is 10.9 Å². The fraction of sp³-hybridized carbons (Fsp3) is 0.233. The number of nitrogens with one attached hydrogen (secondary N) is 1. The van der Waals surface area contributed by atoms with E-state index in [9.17, 15) is 14.7 Å². The number of carbonyl (C=O) groups is 1. The second-order valence-corrected chi connectivity index (χ2v) is 10.0. The van der Waals surface area contributed by atoms with Gasteiger partial charge in [-0.2, -0.15) is 4.98 Å². The lowest BCUT2D eigenvalue weighted by Gasteiger charge is -2.28. The van der Waals surface area contributed by atoms with Gasteiger partial charge in [-0.15, -0.1) is 0 Å². The van der Waals surface area contributed by atoms with Gasteiger partial charge in [-0.1, -0.05) is 78.0 Å². The van der Waals surface area contributed by atoms with Crippen LogP contribution in [0.4, 0.5) is 0 Å². The van der Waals surface area contributed by atoms with Crippen molar-refractivity contribution < 1.29 is 14.6 Å². The second kappa shape index (κ2) is 11.2. The van der Waals surface area contributed by atoms with Gasteiger partial charge in [0.05, 0.1) is 24.1 Å². The van der Waals surface area contributed by atoms with Crippen molar-refractivity contribution in [2.45, 2.75) is 31.5 Å². The summed E-state index contributed by atoms with van der Waals surface area (Å²) in [6.45, 7) is 4.91. The van der Waals surface area contributed by atoms with Crippen molar-refractivity contribution in [1.82, 2.24) is 14.9 Å². The zero-order chi connectivity index (χ0) is 26.6. The van der Waals surface area contributed by atoms with Crippen molar-refractivity contribution in [2.75, 3.05) is 18.9 Å². The van der Waals surface area contributed by atoms with Gasteiger partial charge in [0.1, 0.15) is 11.3 Å². The Hall–Kier alpha value is -3.88. The Labute approximate surface area is 225 Å². The van der Waals surface area contributed by atoms with E-state index in [4.69, 9.17) is 4.74 Å². The smallest absolute Gasteiger partial charge is 0.267 e. The van der Waals surface area contributed by atoms with Gasteiger partial charge < -0.3 is 15.2 Å². The van der Waals surface area contributed by atoms with Gasteiger partial charge in [-0.3, -0.25) is 14.2 Å². The van der Waals surface area contributed by atoms with Crippen molar-refractivity contribution in [3.05, 3.63) is 111 Å². The van der Waals surface area contributed by atoms with Crippen LogP contribution in [0.1, 0.15) is 45.6 Å². The number of aromatic hydroxyl groups is 1. The van der Waals surface area contributed by atoms with Crippen LogP contribution in [-0.4, -0.2) is 39.3 Å². The van der Waals surface area contributed by atoms with E-state index in [1.54, 1.807) is 24.3 Å². The van der Waals surface area contributed by atoms with Crippen LogP contribution in [0.3, 0.4) is 0 Å². The Balaban J connectivity index is 1.62. The molecule has 0 fully saturated rings. The third-order valence-corrected chi connectivity index (χ3v) is 7.52. The molecule has 1 aliphatic heterocycles. The zero-order valence-electron chi connectivity index (χ0n) is 21.3. The van der Waals surface area contributed by atoms with Gasteiger partial charge in [0.25, 0.3) is 5.56 Å². The molecule has 2 N–H and O–H groups in total. The van der Waals surface area contributed by atoms with Crippen LogP contribution < -0.4 is 15.6 Å². The van der Waals surface area contributed by atoms with Crippen LogP contribution in [0.2, 0.25) is 0 Å². The number of para-hydroxylation sites is 2.